The Morgan fingerprint density at radius 2 is 1.79 bits per heavy atom. The van der Waals surface area contributed by atoms with Gasteiger partial charge in [-0.3, -0.25) is 4.79 Å². The van der Waals surface area contributed by atoms with E-state index in [-0.39, 0.29) is 5.91 Å². The van der Waals surface area contributed by atoms with Gasteiger partial charge in [0.05, 0.1) is 7.11 Å². The number of hydrogen-bond donors (Lipinski definition) is 3. The van der Waals surface area contributed by atoms with Crippen LogP contribution in [0.3, 0.4) is 0 Å². The normalized spacial score (nSPS) is 19.2. The van der Waals surface area contributed by atoms with Crippen molar-refractivity contribution >= 4 is 23.2 Å². The number of para-hydroxylation sites is 1. The minimum atomic E-state index is 0.0934. The molecule has 1 aliphatic heterocycles. The molecule has 6 heteroatoms. The Kier molecular flexibility index (Phi) is 7.31. The molecule has 0 unspecified atom stereocenters. The SMILES string of the molecule is CCc1ccccc1NC(=O)C[NH+]1CC[NH+](Cc2cc(Cl)ccc2OC)CC1. The van der Waals surface area contributed by atoms with Gasteiger partial charge in [0.2, 0.25) is 0 Å². The van der Waals surface area contributed by atoms with E-state index in [1.165, 1.54) is 15.4 Å². The quantitative estimate of drug-likeness (QED) is 0.641. The van der Waals surface area contributed by atoms with Crippen molar-refractivity contribution in [2.24, 2.45) is 0 Å². The summed E-state index contributed by atoms with van der Waals surface area (Å²) < 4.78 is 5.46. The maximum atomic E-state index is 12.5. The van der Waals surface area contributed by atoms with Gasteiger partial charge in [-0.05, 0) is 36.2 Å². The zero-order valence-corrected chi connectivity index (χ0v) is 17.4. The molecule has 1 fully saturated rings. The second kappa shape index (κ2) is 9.92. The molecule has 2 aromatic rings. The minimum Gasteiger partial charge on any atom is -0.496 e. The fourth-order valence-corrected chi connectivity index (χ4v) is 4.03. The van der Waals surface area contributed by atoms with Crippen molar-refractivity contribution in [3.63, 3.8) is 0 Å². The number of rotatable bonds is 7. The number of anilines is 1. The van der Waals surface area contributed by atoms with Gasteiger partial charge < -0.3 is 19.9 Å². The predicted octanol–water partition coefficient (Wildman–Crippen LogP) is 0.833. The third-order valence-electron chi connectivity index (χ3n) is 5.43. The first-order chi connectivity index (χ1) is 13.6. The van der Waals surface area contributed by atoms with Gasteiger partial charge in [0.15, 0.2) is 6.54 Å². The second-order valence-corrected chi connectivity index (χ2v) is 7.81. The van der Waals surface area contributed by atoms with E-state index in [0.29, 0.717) is 6.54 Å². The van der Waals surface area contributed by atoms with Crippen molar-refractivity contribution in [3.8, 4) is 5.75 Å². The summed E-state index contributed by atoms with van der Waals surface area (Å²) in [6.07, 6.45) is 0.915. The highest BCUT2D eigenvalue weighted by Gasteiger charge is 2.25. The van der Waals surface area contributed by atoms with Crippen LogP contribution in [0, 0.1) is 0 Å². The summed E-state index contributed by atoms with van der Waals surface area (Å²) in [5, 5.41) is 3.82. The van der Waals surface area contributed by atoms with E-state index in [9.17, 15) is 4.79 Å². The van der Waals surface area contributed by atoms with Gasteiger partial charge in [-0.25, -0.2) is 0 Å². The van der Waals surface area contributed by atoms with Crippen molar-refractivity contribution in [2.75, 3.05) is 45.2 Å². The van der Waals surface area contributed by atoms with Gasteiger partial charge in [0, 0.05) is 16.3 Å². The largest absolute Gasteiger partial charge is 0.496 e. The molecule has 1 saturated heterocycles. The van der Waals surface area contributed by atoms with Gasteiger partial charge in [-0.2, -0.15) is 0 Å². The predicted molar refractivity (Wildman–Crippen MR) is 112 cm³/mol. The topological polar surface area (TPSA) is 47.2 Å². The van der Waals surface area contributed by atoms with Crippen LogP contribution in [0.5, 0.6) is 5.75 Å². The molecule has 0 radical (unpaired) electrons. The summed E-state index contributed by atoms with van der Waals surface area (Å²) in [6, 6.07) is 13.8. The van der Waals surface area contributed by atoms with Gasteiger partial charge >= 0.3 is 0 Å². The van der Waals surface area contributed by atoms with Crippen LogP contribution in [0.25, 0.3) is 0 Å². The molecule has 5 nitrogen and oxygen atoms in total. The number of carbonyl (C=O) groups is 1. The number of ether oxygens (including phenoxy) is 1. The first-order valence-corrected chi connectivity index (χ1v) is 10.3. The lowest BCUT2D eigenvalue weighted by molar-refractivity contribution is -1.02. The van der Waals surface area contributed by atoms with E-state index in [2.05, 4.69) is 18.3 Å². The summed E-state index contributed by atoms with van der Waals surface area (Å²) in [5.74, 6) is 0.983. The van der Waals surface area contributed by atoms with Gasteiger partial charge in [-0.1, -0.05) is 36.7 Å². The van der Waals surface area contributed by atoms with Crippen molar-refractivity contribution in [2.45, 2.75) is 19.9 Å². The maximum Gasteiger partial charge on any atom is 0.279 e. The number of nitrogens with one attached hydrogen (secondary N) is 3. The van der Waals surface area contributed by atoms with Crippen LogP contribution < -0.4 is 19.9 Å². The maximum absolute atomic E-state index is 12.5. The Labute approximate surface area is 172 Å². The fourth-order valence-electron chi connectivity index (χ4n) is 3.84. The van der Waals surface area contributed by atoms with Crippen LogP contribution in [-0.4, -0.2) is 45.7 Å². The van der Waals surface area contributed by atoms with Crippen LogP contribution in [-0.2, 0) is 17.8 Å². The highest BCUT2D eigenvalue weighted by atomic mass is 35.5. The van der Waals surface area contributed by atoms with Crippen LogP contribution in [0.1, 0.15) is 18.1 Å². The lowest BCUT2D eigenvalue weighted by Crippen LogP contribution is -3.28. The molecule has 150 valence electrons. The van der Waals surface area contributed by atoms with Crippen molar-refractivity contribution < 1.29 is 19.3 Å². The van der Waals surface area contributed by atoms with E-state index >= 15 is 0 Å². The Balaban J connectivity index is 1.49. The summed E-state index contributed by atoms with van der Waals surface area (Å²) in [6.45, 7) is 7.56. The number of piperazine rings is 1. The van der Waals surface area contributed by atoms with Crippen LogP contribution in [0.2, 0.25) is 5.02 Å². The summed E-state index contributed by atoms with van der Waals surface area (Å²) >= 11 is 6.15. The standard InChI is InChI=1S/C22H28ClN3O2/c1-3-17-6-4-5-7-20(17)24-22(27)16-26-12-10-25(11-13-26)15-18-14-19(23)8-9-21(18)28-2/h4-9,14H,3,10-13,15-16H2,1-2H3,(H,24,27)/p+2. The van der Waals surface area contributed by atoms with Crippen molar-refractivity contribution in [1.29, 1.82) is 0 Å². The van der Waals surface area contributed by atoms with E-state index in [1.807, 2.05) is 36.4 Å². The molecule has 1 amide bonds. The lowest BCUT2D eigenvalue weighted by atomic mass is 10.1. The molecule has 1 aliphatic rings. The zero-order valence-electron chi connectivity index (χ0n) is 16.7. The molecule has 0 aliphatic carbocycles. The zero-order chi connectivity index (χ0) is 19.9. The number of aryl methyl sites for hydroxylation is 1. The van der Waals surface area contributed by atoms with Crippen molar-refractivity contribution in [1.82, 2.24) is 0 Å². The Morgan fingerprint density at radius 3 is 2.50 bits per heavy atom. The molecule has 0 spiro atoms. The number of hydrogen-bond acceptors (Lipinski definition) is 2. The average Bonchev–Trinajstić information content (AvgIpc) is 2.70. The number of benzene rings is 2. The summed E-state index contributed by atoms with van der Waals surface area (Å²) in [7, 11) is 1.69. The molecule has 1 heterocycles. The fraction of sp³-hybridized carbons (Fsp3) is 0.409. The van der Waals surface area contributed by atoms with Crippen LogP contribution in [0.4, 0.5) is 5.69 Å². The molecule has 0 bridgehead atoms. The van der Waals surface area contributed by atoms with Gasteiger partial charge in [0.1, 0.15) is 38.5 Å². The van der Waals surface area contributed by atoms with E-state index in [4.69, 9.17) is 16.3 Å². The first kappa shape index (κ1) is 20.6. The summed E-state index contributed by atoms with van der Waals surface area (Å²) in [4.78, 5) is 15.3. The van der Waals surface area contributed by atoms with E-state index < -0.39 is 0 Å². The van der Waals surface area contributed by atoms with Crippen LogP contribution >= 0.6 is 11.6 Å². The van der Waals surface area contributed by atoms with Gasteiger partial charge in [-0.15, -0.1) is 0 Å². The lowest BCUT2D eigenvalue weighted by Gasteiger charge is -2.29. The molecule has 0 atom stereocenters. The van der Waals surface area contributed by atoms with E-state index in [0.717, 1.165) is 61.2 Å². The number of amides is 1. The third kappa shape index (κ3) is 5.47. The highest BCUT2D eigenvalue weighted by Crippen LogP contribution is 2.21. The molecule has 3 N–H and O–H groups in total. The number of halogens is 1. The van der Waals surface area contributed by atoms with Crippen LogP contribution in [0.15, 0.2) is 42.5 Å². The van der Waals surface area contributed by atoms with E-state index in [1.54, 1.807) is 7.11 Å². The Bertz CT molecular complexity index is 804. The minimum absolute atomic E-state index is 0.0934. The molecular weight excluding hydrogens is 374 g/mol. The number of methoxy groups -OCH3 is 1. The molecule has 2 aromatic carbocycles. The second-order valence-electron chi connectivity index (χ2n) is 7.37. The molecule has 28 heavy (non-hydrogen) atoms. The first-order valence-electron chi connectivity index (χ1n) is 9.96. The molecule has 3 rings (SSSR count). The monoisotopic (exact) mass is 403 g/mol. The Morgan fingerprint density at radius 1 is 1.07 bits per heavy atom. The molecule has 0 saturated carbocycles. The summed E-state index contributed by atoms with van der Waals surface area (Å²) in [5.41, 5.74) is 3.25. The smallest absolute Gasteiger partial charge is 0.279 e. The third-order valence-corrected chi connectivity index (χ3v) is 5.67. The number of carbonyl (C=O) groups excluding carboxylic acids is 1. The van der Waals surface area contributed by atoms with Gasteiger partial charge in [0.25, 0.3) is 5.91 Å². The average molecular weight is 404 g/mol. The number of quaternary nitrogens is 2. The van der Waals surface area contributed by atoms with Crippen molar-refractivity contribution in [3.05, 3.63) is 58.6 Å². The molecule has 0 aromatic heterocycles. The highest BCUT2D eigenvalue weighted by molar-refractivity contribution is 6.30. The Hall–Kier alpha value is -2.08. The molecular formula is C22H30ClN3O2+2.